The third-order valence-corrected chi connectivity index (χ3v) is 5.66. The summed E-state index contributed by atoms with van der Waals surface area (Å²) in [5.41, 5.74) is 4.79. The van der Waals surface area contributed by atoms with Crippen LogP contribution in [-0.2, 0) is 4.79 Å². The average molecular weight is 427 g/mol. The van der Waals surface area contributed by atoms with Gasteiger partial charge in [0.15, 0.2) is 0 Å². The molecular formula is C28H46N2O. The van der Waals surface area contributed by atoms with Gasteiger partial charge >= 0.3 is 0 Å². The smallest absolute Gasteiger partial charge is 0.240 e. The molecule has 0 radical (unpaired) electrons. The highest BCUT2D eigenvalue weighted by molar-refractivity contribution is 5.86. The first-order valence-corrected chi connectivity index (χ1v) is 12.8. The summed E-state index contributed by atoms with van der Waals surface area (Å²) in [6.07, 6.45) is 24.4. The summed E-state index contributed by atoms with van der Waals surface area (Å²) < 4.78 is 0. The van der Waals surface area contributed by atoms with Crippen LogP contribution >= 0.6 is 0 Å². The number of carbonyl (C=O) groups is 1. The Labute approximate surface area is 191 Å². The molecule has 0 unspecified atom stereocenters. The number of hydrazone groups is 1. The van der Waals surface area contributed by atoms with Crippen LogP contribution in [0, 0.1) is 0 Å². The van der Waals surface area contributed by atoms with E-state index in [4.69, 9.17) is 0 Å². The second-order valence-corrected chi connectivity index (χ2v) is 8.79. The molecule has 0 saturated carbocycles. The lowest BCUT2D eigenvalue weighted by molar-refractivity contribution is -0.121. The zero-order chi connectivity index (χ0) is 22.4. The summed E-state index contributed by atoms with van der Waals surface area (Å²) >= 11 is 0. The molecule has 1 rings (SSSR count). The van der Waals surface area contributed by atoms with Crippen LogP contribution in [0.25, 0.3) is 6.08 Å². The average Bonchev–Trinajstić information content (AvgIpc) is 2.77. The van der Waals surface area contributed by atoms with E-state index in [-0.39, 0.29) is 5.91 Å². The third kappa shape index (κ3) is 17.5. The Kier molecular flexibility index (Phi) is 17.5. The van der Waals surface area contributed by atoms with Crippen LogP contribution < -0.4 is 5.43 Å². The van der Waals surface area contributed by atoms with E-state index in [1.165, 1.54) is 83.5 Å². The van der Waals surface area contributed by atoms with Crippen molar-refractivity contribution in [1.29, 1.82) is 0 Å². The van der Waals surface area contributed by atoms with Gasteiger partial charge in [0.1, 0.15) is 0 Å². The van der Waals surface area contributed by atoms with Gasteiger partial charge in [-0.05, 0) is 24.5 Å². The minimum absolute atomic E-state index is 0.0125. The Morgan fingerprint density at radius 2 is 1.26 bits per heavy atom. The largest absolute Gasteiger partial charge is 0.273 e. The standard InChI is InChI=1S/C28H46N2O/c1-3-4-5-6-7-8-9-10-11-12-13-14-15-16-20-23-28(31)30-29-25-26(2)24-27-21-18-17-19-22-27/h17-19,21-22,24-25H,3-16,20,23H2,1-2H3,(H,30,31). The van der Waals surface area contributed by atoms with Gasteiger partial charge in [-0.15, -0.1) is 0 Å². The van der Waals surface area contributed by atoms with Gasteiger partial charge in [-0.1, -0.05) is 133 Å². The predicted molar refractivity (Wildman–Crippen MR) is 136 cm³/mol. The second kappa shape index (κ2) is 20.0. The fraction of sp³-hybridized carbons (Fsp3) is 0.643. The van der Waals surface area contributed by atoms with Crippen LogP contribution in [-0.4, -0.2) is 12.1 Å². The first-order chi connectivity index (χ1) is 15.2. The molecule has 1 aromatic rings. The lowest BCUT2D eigenvalue weighted by Crippen LogP contribution is -2.16. The number of rotatable bonds is 19. The number of hydrogen-bond acceptors (Lipinski definition) is 2. The second-order valence-electron chi connectivity index (χ2n) is 8.79. The van der Waals surface area contributed by atoms with E-state index < -0.39 is 0 Å². The minimum Gasteiger partial charge on any atom is -0.273 e. The number of allylic oxidation sites excluding steroid dienone is 1. The van der Waals surface area contributed by atoms with Gasteiger partial charge in [0, 0.05) is 6.42 Å². The number of amides is 1. The zero-order valence-electron chi connectivity index (χ0n) is 20.2. The summed E-state index contributed by atoms with van der Waals surface area (Å²) in [6.45, 7) is 4.26. The lowest BCUT2D eigenvalue weighted by Gasteiger charge is -2.03. The van der Waals surface area contributed by atoms with Gasteiger partial charge < -0.3 is 0 Å². The van der Waals surface area contributed by atoms with Crippen molar-refractivity contribution in [2.24, 2.45) is 5.10 Å². The zero-order valence-corrected chi connectivity index (χ0v) is 20.2. The topological polar surface area (TPSA) is 41.5 Å². The molecule has 0 aliphatic rings. The number of hydrogen-bond donors (Lipinski definition) is 1. The normalized spacial score (nSPS) is 11.9. The Bertz CT molecular complexity index is 607. The molecular weight excluding hydrogens is 380 g/mol. The Hall–Kier alpha value is -1.90. The van der Waals surface area contributed by atoms with Gasteiger partial charge in [0.05, 0.1) is 6.21 Å². The van der Waals surface area contributed by atoms with Crippen molar-refractivity contribution in [2.45, 2.75) is 117 Å². The van der Waals surface area contributed by atoms with Crippen molar-refractivity contribution < 1.29 is 4.79 Å². The Balaban J connectivity index is 1.89. The number of nitrogens with one attached hydrogen (secondary N) is 1. The Morgan fingerprint density at radius 1 is 0.774 bits per heavy atom. The van der Waals surface area contributed by atoms with Gasteiger partial charge in [0.25, 0.3) is 0 Å². The first kappa shape index (κ1) is 27.1. The van der Waals surface area contributed by atoms with Gasteiger partial charge in [0.2, 0.25) is 5.91 Å². The maximum Gasteiger partial charge on any atom is 0.240 e. The molecule has 3 nitrogen and oxygen atoms in total. The molecule has 1 aromatic carbocycles. The number of nitrogens with zero attached hydrogens (tertiary/aromatic N) is 1. The quantitative estimate of drug-likeness (QED) is 0.134. The van der Waals surface area contributed by atoms with E-state index >= 15 is 0 Å². The summed E-state index contributed by atoms with van der Waals surface area (Å²) in [7, 11) is 0. The molecule has 174 valence electrons. The van der Waals surface area contributed by atoms with Crippen molar-refractivity contribution in [3.05, 3.63) is 41.5 Å². The van der Waals surface area contributed by atoms with E-state index in [9.17, 15) is 4.79 Å². The van der Waals surface area contributed by atoms with E-state index in [1.807, 2.05) is 43.3 Å². The maximum absolute atomic E-state index is 11.9. The molecule has 0 aliphatic carbocycles. The molecule has 31 heavy (non-hydrogen) atoms. The van der Waals surface area contributed by atoms with Gasteiger partial charge in [-0.2, -0.15) is 5.10 Å². The minimum atomic E-state index is 0.0125. The fourth-order valence-corrected chi connectivity index (χ4v) is 3.77. The van der Waals surface area contributed by atoms with Crippen molar-refractivity contribution in [3.8, 4) is 0 Å². The van der Waals surface area contributed by atoms with Crippen LogP contribution in [0.3, 0.4) is 0 Å². The van der Waals surface area contributed by atoms with Crippen LogP contribution in [0.2, 0.25) is 0 Å². The molecule has 3 heteroatoms. The summed E-state index contributed by atoms with van der Waals surface area (Å²) in [5.74, 6) is 0.0125. The summed E-state index contributed by atoms with van der Waals surface area (Å²) in [6, 6.07) is 10.1. The highest BCUT2D eigenvalue weighted by atomic mass is 16.2. The van der Waals surface area contributed by atoms with Gasteiger partial charge in [-0.25, -0.2) is 5.43 Å². The van der Waals surface area contributed by atoms with E-state index in [0.717, 1.165) is 24.0 Å². The lowest BCUT2D eigenvalue weighted by atomic mass is 10.0. The fourth-order valence-electron chi connectivity index (χ4n) is 3.77. The molecule has 0 spiro atoms. The van der Waals surface area contributed by atoms with Crippen LogP contribution in [0.1, 0.15) is 122 Å². The molecule has 0 fully saturated rings. The monoisotopic (exact) mass is 426 g/mol. The molecule has 0 aliphatic heterocycles. The van der Waals surface area contributed by atoms with E-state index in [1.54, 1.807) is 6.21 Å². The number of unbranched alkanes of at least 4 members (excludes halogenated alkanes) is 14. The third-order valence-electron chi connectivity index (χ3n) is 5.66. The van der Waals surface area contributed by atoms with Crippen LogP contribution in [0.15, 0.2) is 41.0 Å². The first-order valence-electron chi connectivity index (χ1n) is 12.8. The van der Waals surface area contributed by atoms with E-state index in [2.05, 4.69) is 17.5 Å². The Morgan fingerprint density at radius 3 is 1.77 bits per heavy atom. The van der Waals surface area contributed by atoms with Crippen molar-refractivity contribution >= 4 is 18.2 Å². The van der Waals surface area contributed by atoms with E-state index in [0.29, 0.717) is 6.42 Å². The molecule has 0 heterocycles. The summed E-state index contributed by atoms with van der Waals surface area (Å²) in [5, 5.41) is 4.06. The maximum atomic E-state index is 11.9. The van der Waals surface area contributed by atoms with Crippen molar-refractivity contribution in [3.63, 3.8) is 0 Å². The molecule has 1 N–H and O–H groups in total. The van der Waals surface area contributed by atoms with Crippen LogP contribution in [0.5, 0.6) is 0 Å². The molecule has 0 bridgehead atoms. The molecule has 1 amide bonds. The SMILES string of the molecule is CCCCCCCCCCCCCCCCCC(=O)NN=CC(C)=Cc1ccccc1. The van der Waals surface area contributed by atoms with Crippen LogP contribution in [0.4, 0.5) is 0 Å². The van der Waals surface area contributed by atoms with Crippen molar-refractivity contribution in [2.75, 3.05) is 0 Å². The summed E-state index contributed by atoms with van der Waals surface area (Å²) in [4.78, 5) is 11.9. The predicted octanol–water partition coefficient (Wildman–Crippen LogP) is 8.45. The molecule has 0 saturated heterocycles. The highest BCUT2D eigenvalue weighted by Gasteiger charge is 1.99. The van der Waals surface area contributed by atoms with Gasteiger partial charge in [-0.3, -0.25) is 4.79 Å². The van der Waals surface area contributed by atoms with Crippen molar-refractivity contribution in [1.82, 2.24) is 5.43 Å². The highest BCUT2D eigenvalue weighted by Crippen LogP contribution is 2.13. The molecule has 0 aromatic heterocycles. The molecule has 0 atom stereocenters. The number of benzene rings is 1. The number of carbonyl (C=O) groups excluding carboxylic acids is 1.